The van der Waals surface area contributed by atoms with Gasteiger partial charge in [-0.15, -0.1) is 10.2 Å². The van der Waals surface area contributed by atoms with Gasteiger partial charge in [-0.3, -0.25) is 19.5 Å². The van der Waals surface area contributed by atoms with Gasteiger partial charge in [-0.05, 0) is 36.4 Å². The van der Waals surface area contributed by atoms with Crippen molar-refractivity contribution in [3.8, 4) is 17.3 Å². The Balaban J connectivity index is 1.53. The second kappa shape index (κ2) is 9.02. The van der Waals surface area contributed by atoms with Gasteiger partial charge in [0.25, 0.3) is 5.69 Å². The van der Waals surface area contributed by atoms with E-state index in [4.69, 9.17) is 16.0 Å². The minimum absolute atomic E-state index is 0.00112. The maximum Gasteiger partial charge on any atom is 0.289 e. The summed E-state index contributed by atoms with van der Waals surface area (Å²) in [7, 11) is 0. The van der Waals surface area contributed by atoms with E-state index in [1.807, 2.05) is 30.3 Å². The van der Waals surface area contributed by atoms with Crippen LogP contribution in [0.25, 0.3) is 17.3 Å². The molecular formula is C20H14ClN5O4S. The summed E-state index contributed by atoms with van der Waals surface area (Å²) >= 11 is 6.98. The molecule has 11 heteroatoms. The third-order valence-electron chi connectivity index (χ3n) is 4.15. The number of amides is 1. The number of hydrogen-bond donors (Lipinski definition) is 1. The van der Waals surface area contributed by atoms with Crippen molar-refractivity contribution in [3.05, 3.63) is 82.1 Å². The summed E-state index contributed by atoms with van der Waals surface area (Å²) in [6.07, 6.45) is 1.55. The van der Waals surface area contributed by atoms with Crippen molar-refractivity contribution in [2.45, 2.75) is 5.16 Å². The average molecular weight is 456 g/mol. The number of carbonyl (C=O) groups is 1. The van der Waals surface area contributed by atoms with Crippen LogP contribution in [0.2, 0.25) is 5.02 Å². The van der Waals surface area contributed by atoms with Crippen LogP contribution in [0.4, 0.5) is 11.4 Å². The van der Waals surface area contributed by atoms with E-state index in [1.165, 1.54) is 30.0 Å². The van der Waals surface area contributed by atoms with E-state index in [0.29, 0.717) is 16.7 Å². The first-order valence-corrected chi connectivity index (χ1v) is 10.3. The van der Waals surface area contributed by atoms with Crippen LogP contribution in [0.1, 0.15) is 0 Å². The van der Waals surface area contributed by atoms with Crippen molar-refractivity contribution in [3.63, 3.8) is 0 Å². The Morgan fingerprint density at radius 1 is 1.16 bits per heavy atom. The average Bonchev–Trinajstić information content (AvgIpc) is 3.43. The molecule has 1 N–H and O–H groups in total. The number of carbonyl (C=O) groups excluding carboxylic acids is 1. The van der Waals surface area contributed by atoms with Crippen LogP contribution in [0.15, 0.2) is 76.5 Å². The number of para-hydroxylation sites is 1. The Morgan fingerprint density at radius 2 is 1.97 bits per heavy atom. The number of benzene rings is 2. The standard InChI is InChI=1S/C20H14ClN5O4S/c21-15-9-8-13(11-16(15)26(28)29)22-18(27)12-31-20-24-23-19(17-7-4-10-30-17)25(20)14-5-2-1-3-6-14/h1-11H,12H2,(H,22,27). The minimum Gasteiger partial charge on any atom is -0.461 e. The number of nitro benzene ring substituents is 1. The fraction of sp³-hybridized carbons (Fsp3) is 0.0500. The van der Waals surface area contributed by atoms with Crippen molar-refractivity contribution in [2.24, 2.45) is 0 Å². The molecule has 0 saturated heterocycles. The highest BCUT2D eigenvalue weighted by Crippen LogP contribution is 2.29. The molecule has 0 bridgehead atoms. The molecule has 4 rings (SSSR count). The van der Waals surface area contributed by atoms with Crippen molar-refractivity contribution in [2.75, 3.05) is 11.1 Å². The topological polar surface area (TPSA) is 116 Å². The first kappa shape index (κ1) is 20.6. The van der Waals surface area contributed by atoms with E-state index in [0.717, 1.165) is 5.69 Å². The van der Waals surface area contributed by atoms with Crippen molar-refractivity contribution < 1.29 is 14.1 Å². The molecule has 9 nitrogen and oxygen atoms in total. The van der Waals surface area contributed by atoms with Crippen LogP contribution >= 0.6 is 23.4 Å². The van der Waals surface area contributed by atoms with Gasteiger partial charge in [0.1, 0.15) is 5.02 Å². The molecular weight excluding hydrogens is 442 g/mol. The summed E-state index contributed by atoms with van der Waals surface area (Å²) in [5, 5.41) is 22.6. The third-order valence-corrected chi connectivity index (χ3v) is 5.40. The van der Waals surface area contributed by atoms with E-state index < -0.39 is 4.92 Å². The van der Waals surface area contributed by atoms with Crippen molar-refractivity contribution in [1.29, 1.82) is 0 Å². The monoisotopic (exact) mass is 455 g/mol. The largest absolute Gasteiger partial charge is 0.461 e. The number of furan rings is 1. The number of aromatic nitrogens is 3. The van der Waals surface area contributed by atoms with Gasteiger partial charge in [0.05, 0.1) is 16.9 Å². The summed E-state index contributed by atoms with van der Waals surface area (Å²) < 4.78 is 7.26. The zero-order chi connectivity index (χ0) is 21.8. The molecule has 0 spiro atoms. The molecule has 0 aliphatic carbocycles. The van der Waals surface area contributed by atoms with Crippen LogP contribution < -0.4 is 5.32 Å². The maximum atomic E-state index is 12.4. The summed E-state index contributed by atoms with van der Waals surface area (Å²) in [6.45, 7) is 0. The fourth-order valence-electron chi connectivity index (χ4n) is 2.80. The quantitative estimate of drug-likeness (QED) is 0.241. The predicted molar refractivity (Wildman–Crippen MR) is 117 cm³/mol. The Hall–Kier alpha value is -3.63. The summed E-state index contributed by atoms with van der Waals surface area (Å²) in [5.41, 5.74) is 0.816. The normalized spacial score (nSPS) is 10.7. The lowest BCUT2D eigenvalue weighted by Gasteiger charge is -2.09. The van der Waals surface area contributed by atoms with E-state index in [9.17, 15) is 14.9 Å². The highest BCUT2D eigenvalue weighted by atomic mass is 35.5. The molecule has 0 radical (unpaired) electrons. The second-order valence-corrected chi connectivity index (χ2v) is 7.56. The number of thioether (sulfide) groups is 1. The highest BCUT2D eigenvalue weighted by molar-refractivity contribution is 7.99. The first-order chi connectivity index (χ1) is 15.0. The zero-order valence-electron chi connectivity index (χ0n) is 15.8. The SMILES string of the molecule is O=C(CSc1nnc(-c2ccco2)n1-c1ccccc1)Nc1ccc(Cl)c([N+](=O)[O-])c1. The highest BCUT2D eigenvalue weighted by Gasteiger charge is 2.19. The van der Waals surface area contributed by atoms with E-state index in [1.54, 1.807) is 23.0 Å². The first-order valence-electron chi connectivity index (χ1n) is 8.94. The molecule has 0 aliphatic rings. The Labute approximate surface area is 185 Å². The van der Waals surface area contributed by atoms with Gasteiger partial charge in [-0.1, -0.05) is 41.6 Å². The van der Waals surface area contributed by atoms with Gasteiger partial charge in [0.15, 0.2) is 10.9 Å². The van der Waals surface area contributed by atoms with E-state index in [-0.39, 0.29) is 28.1 Å². The lowest BCUT2D eigenvalue weighted by atomic mass is 10.3. The fourth-order valence-corrected chi connectivity index (χ4v) is 3.73. The summed E-state index contributed by atoms with van der Waals surface area (Å²) in [5.74, 6) is 0.705. The number of nitro groups is 1. The number of nitrogens with one attached hydrogen (secondary N) is 1. The molecule has 4 aromatic rings. The molecule has 2 aromatic heterocycles. The Kier molecular flexibility index (Phi) is 6.01. The number of hydrogen-bond acceptors (Lipinski definition) is 7. The van der Waals surface area contributed by atoms with Crippen molar-refractivity contribution >= 4 is 40.6 Å². The lowest BCUT2D eigenvalue weighted by molar-refractivity contribution is -0.384. The smallest absolute Gasteiger partial charge is 0.289 e. The van der Waals surface area contributed by atoms with Crippen LogP contribution in [-0.2, 0) is 4.79 Å². The predicted octanol–water partition coefficient (Wildman–Crippen LogP) is 4.82. The molecule has 0 saturated carbocycles. The molecule has 156 valence electrons. The lowest BCUT2D eigenvalue weighted by Crippen LogP contribution is -2.14. The second-order valence-electron chi connectivity index (χ2n) is 6.21. The Morgan fingerprint density at radius 3 is 2.68 bits per heavy atom. The van der Waals surface area contributed by atoms with Crippen molar-refractivity contribution in [1.82, 2.24) is 14.8 Å². The number of anilines is 1. The number of halogens is 1. The molecule has 0 atom stereocenters. The molecule has 0 unspecified atom stereocenters. The van der Waals surface area contributed by atoms with Gasteiger partial charge >= 0.3 is 0 Å². The molecule has 1 amide bonds. The summed E-state index contributed by atoms with van der Waals surface area (Å²) in [6, 6.07) is 17.1. The van der Waals surface area contributed by atoms with Crippen LogP contribution in [0.5, 0.6) is 0 Å². The van der Waals surface area contributed by atoms with Crippen LogP contribution in [0.3, 0.4) is 0 Å². The number of rotatable bonds is 7. The van der Waals surface area contributed by atoms with Gasteiger partial charge in [-0.2, -0.15) is 0 Å². The maximum absolute atomic E-state index is 12.4. The van der Waals surface area contributed by atoms with Gasteiger partial charge in [0, 0.05) is 17.4 Å². The van der Waals surface area contributed by atoms with Gasteiger partial charge in [0.2, 0.25) is 11.7 Å². The van der Waals surface area contributed by atoms with Gasteiger partial charge in [-0.25, -0.2) is 0 Å². The molecule has 0 fully saturated rings. The molecule has 31 heavy (non-hydrogen) atoms. The van der Waals surface area contributed by atoms with Crippen LogP contribution in [-0.4, -0.2) is 31.3 Å². The zero-order valence-corrected chi connectivity index (χ0v) is 17.3. The molecule has 0 aliphatic heterocycles. The molecule has 2 aromatic carbocycles. The Bertz CT molecular complexity index is 1230. The summed E-state index contributed by atoms with van der Waals surface area (Å²) in [4.78, 5) is 22.8. The third kappa shape index (κ3) is 4.60. The number of nitrogens with zero attached hydrogens (tertiary/aromatic N) is 4. The van der Waals surface area contributed by atoms with Crippen LogP contribution in [0, 0.1) is 10.1 Å². The minimum atomic E-state index is -0.606. The van der Waals surface area contributed by atoms with E-state index in [2.05, 4.69) is 15.5 Å². The van der Waals surface area contributed by atoms with E-state index >= 15 is 0 Å². The molecule has 2 heterocycles. The van der Waals surface area contributed by atoms with Gasteiger partial charge < -0.3 is 9.73 Å².